The number of halogens is 3. The van der Waals surface area contributed by atoms with Gasteiger partial charge < -0.3 is 10.2 Å². The van der Waals surface area contributed by atoms with Crippen molar-refractivity contribution in [3.8, 4) is 0 Å². The van der Waals surface area contributed by atoms with Gasteiger partial charge in [-0.25, -0.2) is 0 Å². The van der Waals surface area contributed by atoms with Gasteiger partial charge in [-0.1, -0.05) is 0 Å². The van der Waals surface area contributed by atoms with Crippen molar-refractivity contribution in [1.29, 1.82) is 0 Å². The molecule has 1 aromatic carbocycles. The summed E-state index contributed by atoms with van der Waals surface area (Å²) in [6.45, 7) is 1.18. The van der Waals surface area contributed by atoms with Crippen molar-refractivity contribution in [2.75, 3.05) is 25.0 Å². The van der Waals surface area contributed by atoms with E-state index in [-0.39, 0.29) is 6.04 Å². The molecule has 0 saturated carbocycles. The number of rotatable bonds is 3. The quantitative estimate of drug-likeness (QED) is 0.677. The number of alkyl halides is 3. The second kappa shape index (κ2) is 4.69. The minimum atomic E-state index is -4.73. The van der Waals surface area contributed by atoms with Crippen LogP contribution in [0.3, 0.4) is 0 Å². The molecule has 0 atom stereocenters. The van der Waals surface area contributed by atoms with Crippen LogP contribution < -0.4 is 10.2 Å². The van der Waals surface area contributed by atoms with Gasteiger partial charge >= 0.3 is 6.18 Å². The molecule has 0 aromatic heterocycles. The van der Waals surface area contributed by atoms with Gasteiger partial charge in [-0.2, -0.15) is 13.2 Å². The minimum absolute atomic E-state index is 0.240. The molecule has 2 rings (SSSR count). The number of hydrogen-bond donors (Lipinski definition) is 1. The molecular formula is C11H12F3N3O2. The van der Waals surface area contributed by atoms with Crippen molar-refractivity contribution in [2.24, 2.45) is 0 Å². The number of likely N-dealkylation sites (N-methyl/N-ethyl adjacent to an activating group) is 1. The van der Waals surface area contributed by atoms with E-state index in [1.807, 2.05) is 0 Å². The summed E-state index contributed by atoms with van der Waals surface area (Å²) in [5, 5.41) is 13.6. The molecule has 0 amide bonds. The first kappa shape index (κ1) is 13.6. The van der Waals surface area contributed by atoms with Crippen molar-refractivity contribution < 1.29 is 18.1 Å². The van der Waals surface area contributed by atoms with Crippen molar-refractivity contribution in [2.45, 2.75) is 12.2 Å². The van der Waals surface area contributed by atoms with Crippen LogP contribution in [-0.4, -0.2) is 31.1 Å². The Kier molecular flexibility index (Phi) is 3.36. The second-order valence-corrected chi connectivity index (χ2v) is 4.35. The van der Waals surface area contributed by atoms with Gasteiger partial charge in [0.25, 0.3) is 5.69 Å². The third-order valence-electron chi connectivity index (χ3n) is 3.14. The molecule has 8 heteroatoms. The van der Waals surface area contributed by atoms with E-state index in [0.29, 0.717) is 18.8 Å². The summed E-state index contributed by atoms with van der Waals surface area (Å²) >= 11 is 0. The Morgan fingerprint density at radius 2 is 2.05 bits per heavy atom. The van der Waals surface area contributed by atoms with Crippen molar-refractivity contribution in [1.82, 2.24) is 5.32 Å². The van der Waals surface area contributed by atoms with Crippen LogP contribution in [0, 0.1) is 10.1 Å². The van der Waals surface area contributed by atoms with Crippen LogP contribution >= 0.6 is 0 Å². The van der Waals surface area contributed by atoms with Crippen molar-refractivity contribution in [3.05, 3.63) is 33.9 Å². The molecule has 0 radical (unpaired) electrons. The van der Waals surface area contributed by atoms with E-state index in [1.54, 1.807) is 11.9 Å². The maximum atomic E-state index is 12.8. The monoisotopic (exact) mass is 275 g/mol. The van der Waals surface area contributed by atoms with Crippen LogP contribution in [0.5, 0.6) is 0 Å². The van der Waals surface area contributed by atoms with E-state index in [2.05, 4.69) is 5.32 Å². The summed E-state index contributed by atoms with van der Waals surface area (Å²) in [5.41, 5.74) is -1.77. The fourth-order valence-electron chi connectivity index (χ4n) is 1.98. The number of nitrogens with zero attached hydrogens (tertiary/aromatic N) is 2. The summed E-state index contributed by atoms with van der Waals surface area (Å²) in [7, 11) is 1.78. The van der Waals surface area contributed by atoms with Gasteiger partial charge in [-0.3, -0.25) is 10.1 Å². The Balaban J connectivity index is 2.32. The van der Waals surface area contributed by atoms with E-state index in [4.69, 9.17) is 0 Å². The Hall–Kier alpha value is -1.83. The fraction of sp³-hybridized carbons (Fsp3) is 0.455. The first-order valence-corrected chi connectivity index (χ1v) is 5.60. The predicted octanol–water partition coefficient (Wildman–Crippen LogP) is 2.02. The number of anilines is 1. The zero-order valence-corrected chi connectivity index (χ0v) is 10.1. The predicted molar refractivity (Wildman–Crippen MR) is 63.2 cm³/mol. The van der Waals surface area contributed by atoms with Gasteiger partial charge in [0.05, 0.1) is 4.92 Å². The average molecular weight is 275 g/mol. The van der Waals surface area contributed by atoms with Gasteiger partial charge in [0, 0.05) is 30.9 Å². The van der Waals surface area contributed by atoms with Gasteiger partial charge in [0.1, 0.15) is 5.56 Å². The largest absolute Gasteiger partial charge is 0.423 e. The molecule has 1 heterocycles. The molecule has 0 bridgehead atoms. The highest BCUT2D eigenvalue weighted by Crippen LogP contribution is 2.38. The molecule has 1 fully saturated rings. The van der Waals surface area contributed by atoms with Crippen LogP contribution in [-0.2, 0) is 6.18 Å². The molecule has 0 spiro atoms. The standard InChI is InChI=1S/C11H12F3N3O2/c1-15-7-5-16(6-7)8-2-3-10(17(18)19)9(4-8)11(12,13)14/h2-4,7,15H,5-6H2,1H3. The van der Waals surface area contributed by atoms with Gasteiger partial charge in [0.15, 0.2) is 0 Å². The molecule has 5 nitrogen and oxygen atoms in total. The molecule has 104 valence electrons. The summed E-state index contributed by atoms with van der Waals surface area (Å²) in [4.78, 5) is 11.3. The van der Waals surface area contributed by atoms with E-state index >= 15 is 0 Å². The van der Waals surface area contributed by atoms with Crippen LogP contribution in [0.1, 0.15) is 5.56 Å². The van der Waals surface area contributed by atoms with Crippen LogP contribution in [0.2, 0.25) is 0 Å². The molecule has 1 aliphatic rings. The van der Waals surface area contributed by atoms with E-state index in [9.17, 15) is 23.3 Å². The van der Waals surface area contributed by atoms with Crippen LogP contribution in [0.25, 0.3) is 0 Å². The van der Waals surface area contributed by atoms with Crippen LogP contribution in [0.15, 0.2) is 18.2 Å². The fourth-order valence-corrected chi connectivity index (χ4v) is 1.98. The second-order valence-electron chi connectivity index (χ2n) is 4.35. The maximum Gasteiger partial charge on any atom is 0.423 e. The average Bonchev–Trinajstić information content (AvgIpc) is 2.26. The summed E-state index contributed by atoms with van der Waals surface area (Å²) in [5.74, 6) is 0. The molecule has 0 aliphatic carbocycles. The third-order valence-corrected chi connectivity index (χ3v) is 3.14. The Labute approximate surface area is 107 Å². The molecule has 1 saturated heterocycles. The lowest BCUT2D eigenvalue weighted by atomic mass is 10.1. The minimum Gasteiger partial charge on any atom is -0.368 e. The third kappa shape index (κ3) is 2.62. The highest BCUT2D eigenvalue weighted by molar-refractivity contribution is 5.58. The molecule has 1 aliphatic heterocycles. The summed E-state index contributed by atoms with van der Waals surface area (Å²) in [6, 6.07) is 3.33. The maximum absolute atomic E-state index is 12.8. The number of nitro benzene ring substituents is 1. The van der Waals surface area contributed by atoms with Crippen LogP contribution in [0.4, 0.5) is 24.5 Å². The zero-order chi connectivity index (χ0) is 14.2. The smallest absolute Gasteiger partial charge is 0.368 e. The molecule has 1 N–H and O–H groups in total. The van der Waals surface area contributed by atoms with Gasteiger partial charge in [0.2, 0.25) is 0 Å². The van der Waals surface area contributed by atoms with Gasteiger partial charge in [-0.05, 0) is 19.2 Å². The SMILES string of the molecule is CNC1CN(c2ccc([N+](=O)[O-])c(C(F)(F)F)c2)C1. The molecule has 1 aromatic rings. The summed E-state index contributed by atoms with van der Waals surface area (Å²) < 4.78 is 38.3. The first-order chi connectivity index (χ1) is 8.82. The number of hydrogen-bond acceptors (Lipinski definition) is 4. The number of benzene rings is 1. The number of nitro groups is 1. The molecule has 0 unspecified atom stereocenters. The van der Waals surface area contributed by atoms with E-state index < -0.39 is 22.4 Å². The Morgan fingerprint density at radius 3 is 2.53 bits per heavy atom. The topological polar surface area (TPSA) is 58.4 Å². The van der Waals surface area contributed by atoms with E-state index in [0.717, 1.165) is 12.1 Å². The van der Waals surface area contributed by atoms with Crippen molar-refractivity contribution >= 4 is 11.4 Å². The highest BCUT2D eigenvalue weighted by atomic mass is 19.4. The summed E-state index contributed by atoms with van der Waals surface area (Å²) in [6.07, 6.45) is -4.73. The van der Waals surface area contributed by atoms with Gasteiger partial charge in [-0.15, -0.1) is 0 Å². The molecule has 19 heavy (non-hydrogen) atoms. The Morgan fingerprint density at radius 1 is 1.42 bits per heavy atom. The number of nitrogens with one attached hydrogen (secondary N) is 1. The van der Waals surface area contributed by atoms with E-state index in [1.165, 1.54) is 6.07 Å². The molecular weight excluding hydrogens is 263 g/mol. The lowest BCUT2D eigenvalue weighted by molar-refractivity contribution is -0.388. The Bertz CT molecular complexity index is 498. The lowest BCUT2D eigenvalue weighted by Gasteiger charge is -2.41. The lowest BCUT2D eigenvalue weighted by Crippen LogP contribution is -2.57. The normalized spacial score (nSPS) is 16.3. The first-order valence-electron chi connectivity index (χ1n) is 5.60. The zero-order valence-electron chi connectivity index (χ0n) is 10.1. The van der Waals surface area contributed by atoms with Crippen molar-refractivity contribution in [3.63, 3.8) is 0 Å². The highest BCUT2D eigenvalue weighted by Gasteiger charge is 2.39.